The van der Waals surface area contributed by atoms with Crippen molar-refractivity contribution in [1.82, 2.24) is 5.32 Å². The topological polar surface area (TPSA) is 29.1 Å². The lowest BCUT2D eigenvalue weighted by Gasteiger charge is -2.17. The minimum Gasteiger partial charge on any atom is -0.341 e. The average Bonchev–Trinajstić information content (AvgIpc) is 3.25. The van der Waals surface area contributed by atoms with Gasteiger partial charge in [0.2, 0.25) is 5.91 Å². The number of benzene rings is 1. The molecule has 0 fully saturated rings. The van der Waals surface area contributed by atoms with Gasteiger partial charge in [0, 0.05) is 16.0 Å². The van der Waals surface area contributed by atoms with E-state index in [1.165, 1.54) is 0 Å². The van der Waals surface area contributed by atoms with Crippen molar-refractivity contribution in [1.29, 1.82) is 0 Å². The van der Waals surface area contributed by atoms with Crippen LogP contribution in [0.15, 0.2) is 64.7 Å². The molecule has 2 heterocycles. The minimum atomic E-state index is -0.174. The summed E-state index contributed by atoms with van der Waals surface area (Å²) in [7, 11) is 0. The predicted octanol–water partition coefficient (Wildman–Crippen LogP) is 5.38. The molecule has 1 unspecified atom stereocenters. The number of thiophene rings is 2. The first kappa shape index (κ1) is 16.0. The van der Waals surface area contributed by atoms with Crippen LogP contribution in [0.25, 0.3) is 6.08 Å². The number of amides is 1. The summed E-state index contributed by atoms with van der Waals surface area (Å²) in [5.74, 6) is -0.121. The second-order valence-electron chi connectivity index (χ2n) is 4.90. The number of carbonyl (C=O) groups is 1. The lowest BCUT2D eigenvalue weighted by molar-refractivity contribution is -0.116. The maximum absolute atomic E-state index is 12.3. The maximum Gasteiger partial charge on any atom is 0.244 e. The molecule has 1 aromatic carbocycles. The molecule has 0 aliphatic rings. The Bertz CT molecular complexity index is 777. The van der Waals surface area contributed by atoms with Gasteiger partial charge in [0.1, 0.15) is 0 Å². The van der Waals surface area contributed by atoms with Crippen LogP contribution in [0.1, 0.15) is 22.0 Å². The average molecular weight is 360 g/mol. The maximum atomic E-state index is 12.3. The lowest BCUT2D eigenvalue weighted by atomic mass is 10.1. The molecule has 1 amide bonds. The molecule has 3 rings (SSSR count). The van der Waals surface area contributed by atoms with Gasteiger partial charge in [-0.1, -0.05) is 29.8 Å². The largest absolute Gasteiger partial charge is 0.341 e. The van der Waals surface area contributed by atoms with Crippen LogP contribution in [-0.2, 0) is 4.79 Å². The van der Waals surface area contributed by atoms with E-state index >= 15 is 0 Å². The molecule has 23 heavy (non-hydrogen) atoms. The third kappa shape index (κ3) is 4.32. The van der Waals surface area contributed by atoms with Crippen molar-refractivity contribution in [2.24, 2.45) is 0 Å². The number of carbonyl (C=O) groups excluding carboxylic acids is 1. The predicted molar refractivity (Wildman–Crippen MR) is 99.1 cm³/mol. The van der Waals surface area contributed by atoms with Gasteiger partial charge in [0.15, 0.2) is 0 Å². The molecule has 5 heteroatoms. The Balaban J connectivity index is 1.79. The number of halogens is 1. The fourth-order valence-electron chi connectivity index (χ4n) is 2.16. The molecule has 0 spiro atoms. The van der Waals surface area contributed by atoms with Crippen molar-refractivity contribution in [3.63, 3.8) is 0 Å². The Hall–Kier alpha value is -1.88. The molecule has 0 radical (unpaired) electrons. The molecular formula is C18H14ClNOS2. The Kier molecular flexibility index (Phi) is 5.28. The number of nitrogens with one attached hydrogen (secondary N) is 1. The van der Waals surface area contributed by atoms with E-state index in [9.17, 15) is 4.79 Å². The Labute approximate surface area is 148 Å². The quantitative estimate of drug-likeness (QED) is 0.608. The Morgan fingerprint density at radius 1 is 1.13 bits per heavy atom. The van der Waals surface area contributed by atoms with Crippen molar-refractivity contribution in [3.05, 3.63) is 85.7 Å². The standard InChI is InChI=1S/C18H14ClNOS2/c19-15-6-4-14(5-7-15)18(16-2-1-10-23-16)20-17(21)8-3-13-9-11-22-12-13/h1-12,18H,(H,20,21)/b8-3+. The van der Waals surface area contributed by atoms with Gasteiger partial charge < -0.3 is 5.32 Å². The SMILES string of the molecule is O=C(/C=C/c1ccsc1)NC(c1ccc(Cl)cc1)c1cccs1. The molecule has 0 saturated heterocycles. The molecule has 3 aromatic rings. The minimum absolute atomic E-state index is 0.121. The van der Waals surface area contributed by atoms with Crippen LogP contribution in [-0.4, -0.2) is 5.91 Å². The second kappa shape index (κ2) is 7.59. The highest BCUT2D eigenvalue weighted by molar-refractivity contribution is 7.10. The van der Waals surface area contributed by atoms with E-state index in [0.29, 0.717) is 5.02 Å². The number of hydrogen-bond acceptors (Lipinski definition) is 3. The third-order valence-corrected chi connectivity index (χ3v) is 5.18. The molecule has 1 N–H and O–H groups in total. The van der Waals surface area contributed by atoms with Crippen LogP contribution < -0.4 is 5.32 Å². The van der Waals surface area contributed by atoms with Gasteiger partial charge in [0.25, 0.3) is 0 Å². The number of hydrogen-bond donors (Lipinski definition) is 1. The molecule has 2 nitrogen and oxygen atoms in total. The van der Waals surface area contributed by atoms with Crippen molar-refractivity contribution < 1.29 is 4.79 Å². The van der Waals surface area contributed by atoms with Crippen molar-refractivity contribution in [3.8, 4) is 0 Å². The summed E-state index contributed by atoms with van der Waals surface area (Å²) < 4.78 is 0. The van der Waals surface area contributed by atoms with E-state index in [-0.39, 0.29) is 11.9 Å². The zero-order valence-corrected chi connectivity index (χ0v) is 14.5. The zero-order valence-electron chi connectivity index (χ0n) is 12.1. The Morgan fingerprint density at radius 2 is 1.96 bits per heavy atom. The molecular weight excluding hydrogens is 346 g/mol. The molecule has 0 aliphatic carbocycles. The highest BCUT2D eigenvalue weighted by Crippen LogP contribution is 2.27. The fraction of sp³-hybridized carbons (Fsp3) is 0.0556. The molecule has 0 bridgehead atoms. The monoisotopic (exact) mass is 359 g/mol. The van der Waals surface area contributed by atoms with Gasteiger partial charge in [0.05, 0.1) is 6.04 Å². The van der Waals surface area contributed by atoms with E-state index in [2.05, 4.69) is 5.32 Å². The van der Waals surface area contributed by atoms with Gasteiger partial charge in [-0.05, 0) is 57.6 Å². The smallest absolute Gasteiger partial charge is 0.244 e. The first-order valence-electron chi connectivity index (χ1n) is 7.02. The summed E-state index contributed by atoms with van der Waals surface area (Å²) in [4.78, 5) is 13.4. The first-order valence-corrected chi connectivity index (χ1v) is 9.22. The van der Waals surface area contributed by atoms with Crippen LogP contribution in [0.4, 0.5) is 0 Å². The van der Waals surface area contributed by atoms with Crippen molar-refractivity contribution in [2.75, 3.05) is 0 Å². The second-order valence-corrected chi connectivity index (χ2v) is 7.09. The molecule has 0 aliphatic heterocycles. The lowest BCUT2D eigenvalue weighted by Crippen LogP contribution is -2.27. The molecule has 0 saturated carbocycles. The van der Waals surface area contributed by atoms with Crippen LogP contribution in [0, 0.1) is 0 Å². The fourth-order valence-corrected chi connectivity index (χ4v) is 3.72. The van der Waals surface area contributed by atoms with E-state index in [0.717, 1.165) is 16.0 Å². The van der Waals surface area contributed by atoms with E-state index in [1.807, 2.05) is 64.7 Å². The van der Waals surface area contributed by atoms with Crippen molar-refractivity contribution in [2.45, 2.75) is 6.04 Å². The zero-order chi connectivity index (χ0) is 16.1. The highest BCUT2D eigenvalue weighted by Gasteiger charge is 2.16. The van der Waals surface area contributed by atoms with Crippen LogP contribution >= 0.6 is 34.3 Å². The van der Waals surface area contributed by atoms with Crippen LogP contribution in [0.5, 0.6) is 0 Å². The Morgan fingerprint density at radius 3 is 2.61 bits per heavy atom. The van der Waals surface area contributed by atoms with Gasteiger partial charge in [-0.2, -0.15) is 11.3 Å². The normalized spacial score (nSPS) is 12.4. The van der Waals surface area contributed by atoms with Gasteiger partial charge in [-0.3, -0.25) is 4.79 Å². The third-order valence-electron chi connectivity index (χ3n) is 3.29. The summed E-state index contributed by atoms with van der Waals surface area (Å²) >= 11 is 9.18. The van der Waals surface area contributed by atoms with Crippen LogP contribution in [0.3, 0.4) is 0 Å². The van der Waals surface area contributed by atoms with Gasteiger partial charge in [-0.15, -0.1) is 11.3 Å². The highest BCUT2D eigenvalue weighted by atomic mass is 35.5. The molecule has 116 valence electrons. The molecule has 1 atom stereocenters. The summed E-state index contributed by atoms with van der Waals surface area (Å²) in [6, 6.07) is 13.4. The van der Waals surface area contributed by atoms with E-state index in [4.69, 9.17) is 11.6 Å². The van der Waals surface area contributed by atoms with E-state index < -0.39 is 0 Å². The van der Waals surface area contributed by atoms with Crippen LogP contribution in [0.2, 0.25) is 5.02 Å². The van der Waals surface area contributed by atoms with Gasteiger partial charge >= 0.3 is 0 Å². The van der Waals surface area contributed by atoms with Crippen molar-refractivity contribution >= 4 is 46.3 Å². The van der Waals surface area contributed by atoms with E-state index in [1.54, 1.807) is 28.7 Å². The number of rotatable bonds is 5. The summed E-state index contributed by atoms with van der Waals surface area (Å²) in [6.07, 6.45) is 3.39. The first-order chi connectivity index (χ1) is 11.2. The molecule has 2 aromatic heterocycles. The summed E-state index contributed by atoms with van der Waals surface area (Å²) in [6.45, 7) is 0. The summed E-state index contributed by atoms with van der Waals surface area (Å²) in [5.41, 5.74) is 2.04. The summed E-state index contributed by atoms with van der Waals surface area (Å²) in [5, 5.41) is 9.74. The van der Waals surface area contributed by atoms with Gasteiger partial charge in [-0.25, -0.2) is 0 Å².